The lowest BCUT2D eigenvalue weighted by Crippen LogP contribution is -2.46. The van der Waals surface area contributed by atoms with E-state index in [2.05, 4.69) is 32.0 Å². The van der Waals surface area contributed by atoms with Crippen molar-refractivity contribution < 1.29 is 4.79 Å². The van der Waals surface area contributed by atoms with Crippen molar-refractivity contribution in [2.45, 2.75) is 13.5 Å². The van der Waals surface area contributed by atoms with Crippen LogP contribution in [0.1, 0.15) is 23.0 Å². The molecule has 24 heavy (non-hydrogen) atoms. The van der Waals surface area contributed by atoms with E-state index >= 15 is 0 Å². The molecule has 1 aliphatic heterocycles. The molecule has 0 bridgehead atoms. The van der Waals surface area contributed by atoms with Gasteiger partial charge in [-0.1, -0.05) is 6.92 Å². The predicted molar refractivity (Wildman–Crippen MR) is 94.0 cm³/mol. The van der Waals surface area contributed by atoms with E-state index in [0.29, 0.717) is 12.2 Å². The number of carbonyl (C=O) groups is 1. The summed E-state index contributed by atoms with van der Waals surface area (Å²) in [5.74, 6) is -0.158. The lowest BCUT2D eigenvalue weighted by Gasteiger charge is -2.35. The van der Waals surface area contributed by atoms with Gasteiger partial charge in [0.2, 0.25) is 0 Å². The van der Waals surface area contributed by atoms with Gasteiger partial charge in [-0.25, -0.2) is 4.98 Å². The average Bonchev–Trinajstić information content (AvgIpc) is 2.67. The Balaban J connectivity index is 1.55. The maximum atomic E-state index is 12.2. The van der Waals surface area contributed by atoms with Crippen LogP contribution in [0, 0.1) is 0 Å². The minimum absolute atomic E-state index is 0.158. The Labute approximate surface area is 142 Å². The summed E-state index contributed by atoms with van der Waals surface area (Å²) in [5, 5.41) is 2.88. The molecule has 0 unspecified atom stereocenters. The zero-order valence-corrected chi connectivity index (χ0v) is 14.0. The van der Waals surface area contributed by atoms with Crippen LogP contribution in [0.15, 0.2) is 42.9 Å². The van der Waals surface area contributed by atoms with E-state index in [4.69, 9.17) is 0 Å². The Morgan fingerprint density at radius 3 is 2.50 bits per heavy atom. The smallest absolute Gasteiger partial charge is 0.270 e. The molecule has 1 amide bonds. The van der Waals surface area contributed by atoms with Gasteiger partial charge in [0.05, 0.1) is 11.9 Å². The second-order valence-corrected chi connectivity index (χ2v) is 5.86. The molecular formula is C18H23N5O. The summed E-state index contributed by atoms with van der Waals surface area (Å²) in [6, 6.07) is 7.54. The molecule has 1 fully saturated rings. The third-order valence-corrected chi connectivity index (χ3v) is 4.37. The Bertz CT molecular complexity index is 651. The Kier molecular flexibility index (Phi) is 5.38. The zero-order chi connectivity index (χ0) is 16.8. The molecule has 2 aromatic rings. The van der Waals surface area contributed by atoms with Crippen molar-refractivity contribution in [1.82, 2.24) is 20.2 Å². The fraction of sp³-hybridized carbons (Fsp3) is 0.389. The first-order valence-corrected chi connectivity index (χ1v) is 8.36. The molecule has 0 aliphatic carbocycles. The van der Waals surface area contributed by atoms with E-state index in [-0.39, 0.29) is 5.91 Å². The van der Waals surface area contributed by atoms with Gasteiger partial charge in [0.1, 0.15) is 5.69 Å². The van der Waals surface area contributed by atoms with Gasteiger partial charge in [-0.15, -0.1) is 0 Å². The number of hydrogen-bond donors (Lipinski definition) is 1. The van der Waals surface area contributed by atoms with Crippen LogP contribution >= 0.6 is 0 Å². The minimum Gasteiger partial charge on any atom is -0.368 e. The molecular weight excluding hydrogens is 302 g/mol. The van der Waals surface area contributed by atoms with Crippen LogP contribution < -0.4 is 10.2 Å². The highest BCUT2D eigenvalue weighted by Crippen LogP contribution is 2.15. The summed E-state index contributed by atoms with van der Waals surface area (Å²) in [6.45, 7) is 7.92. The van der Waals surface area contributed by atoms with Crippen LogP contribution in [0.5, 0.6) is 0 Å². The topological polar surface area (TPSA) is 61.4 Å². The molecule has 3 rings (SSSR count). The SMILES string of the molecule is CCN1CCN(c2ccc(C(=O)NCc3ccncc3)nc2)CC1. The van der Waals surface area contributed by atoms with Gasteiger partial charge in [0, 0.05) is 45.1 Å². The van der Waals surface area contributed by atoms with Gasteiger partial charge in [0.25, 0.3) is 5.91 Å². The highest BCUT2D eigenvalue weighted by molar-refractivity contribution is 5.92. The normalized spacial score (nSPS) is 15.3. The molecule has 1 N–H and O–H groups in total. The van der Waals surface area contributed by atoms with Gasteiger partial charge in [-0.3, -0.25) is 9.78 Å². The maximum Gasteiger partial charge on any atom is 0.270 e. The minimum atomic E-state index is -0.158. The van der Waals surface area contributed by atoms with Gasteiger partial charge in [0.15, 0.2) is 0 Å². The van der Waals surface area contributed by atoms with E-state index in [1.807, 2.05) is 18.2 Å². The first kappa shape index (κ1) is 16.4. The van der Waals surface area contributed by atoms with Crippen molar-refractivity contribution in [2.75, 3.05) is 37.6 Å². The lowest BCUT2D eigenvalue weighted by molar-refractivity contribution is 0.0946. The van der Waals surface area contributed by atoms with E-state index in [1.165, 1.54) is 0 Å². The molecule has 0 atom stereocenters. The number of pyridine rings is 2. The molecule has 0 aromatic carbocycles. The number of amides is 1. The van der Waals surface area contributed by atoms with Gasteiger partial charge < -0.3 is 15.1 Å². The van der Waals surface area contributed by atoms with E-state index in [0.717, 1.165) is 44.0 Å². The molecule has 6 heteroatoms. The average molecular weight is 325 g/mol. The first-order valence-electron chi connectivity index (χ1n) is 8.36. The van der Waals surface area contributed by atoms with E-state index < -0.39 is 0 Å². The number of likely N-dealkylation sites (N-methyl/N-ethyl adjacent to an activating group) is 1. The summed E-state index contributed by atoms with van der Waals surface area (Å²) < 4.78 is 0. The summed E-state index contributed by atoms with van der Waals surface area (Å²) in [7, 11) is 0. The quantitative estimate of drug-likeness (QED) is 0.904. The molecule has 0 radical (unpaired) electrons. The monoisotopic (exact) mass is 325 g/mol. The van der Waals surface area contributed by atoms with Crippen molar-refractivity contribution >= 4 is 11.6 Å². The van der Waals surface area contributed by atoms with E-state index in [1.54, 1.807) is 24.7 Å². The summed E-state index contributed by atoms with van der Waals surface area (Å²) in [5.41, 5.74) is 2.54. The Morgan fingerprint density at radius 2 is 1.88 bits per heavy atom. The summed E-state index contributed by atoms with van der Waals surface area (Å²) in [4.78, 5) is 25.2. The molecule has 126 valence electrons. The van der Waals surface area contributed by atoms with Gasteiger partial charge >= 0.3 is 0 Å². The van der Waals surface area contributed by atoms with Crippen LogP contribution in [0.3, 0.4) is 0 Å². The van der Waals surface area contributed by atoms with Gasteiger partial charge in [-0.05, 0) is 36.4 Å². The molecule has 2 aromatic heterocycles. The number of aromatic nitrogens is 2. The first-order chi connectivity index (χ1) is 11.8. The molecule has 3 heterocycles. The van der Waals surface area contributed by atoms with Crippen molar-refractivity contribution in [1.29, 1.82) is 0 Å². The highest BCUT2D eigenvalue weighted by Gasteiger charge is 2.16. The molecule has 0 spiro atoms. The largest absolute Gasteiger partial charge is 0.368 e. The number of nitrogens with zero attached hydrogens (tertiary/aromatic N) is 4. The molecule has 6 nitrogen and oxygen atoms in total. The Morgan fingerprint density at radius 1 is 1.12 bits per heavy atom. The van der Waals surface area contributed by atoms with E-state index in [9.17, 15) is 4.79 Å². The van der Waals surface area contributed by atoms with Crippen LogP contribution in [-0.4, -0.2) is 53.5 Å². The lowest BCUT2D eigenvalue weighted by atomic mass is 10.2. The van der Waals surface area contributed by atoms with Crippen molar-refractivity contribution in [3.05, 3.63) is 54.1 Å². The third-order valence-electron chi connectivity index (χ3n) is 4.37. The van der Waals surface area contributed by atoms with Crippen LogP contribution in [-0.2, 0) is 6.54 Å². The molecule has 1 aliphatic rings. The summed E-state index contributed by atoms with van der Waals surface area (Å²) in [6.07, 6.45) is 5.22. The second kappa shape index (κ2) is 7.88. The predicted octanol–water partition coefficient (Wildman–Crippen LogP) is 1.55. The zero-order valence-electron chi connectivity index (χ0n) is 14.0. The third kappa shape index (κ3) is 4.08. The van der Waals surface area contributed by atoms with Gasteiger partial charge in [-0.2, -0.15) is 0 Å². The number of rotatable bonds is 5. The number of piperazine rings is 1. The number of anilines is 1. The second-order valence-electron chi connectivity index (χ2n) is 5.86. The highest BCUT2D eigenvalue weighted by atomic mass is 16.1. The molecule has 1 saturated heterocycles. The number of hydrogen-bond acceptors (Lipinski definition) is 5. The van der Waals surface area contributed by atoms with Crippen molar-refractivity contribution in [3.63, 3.8) is 0 Å². The van der Waals surface area contributed by atoms with Crippen LogP contribution in [0.4, 0.5) is 5.69 Å². The number of nitrogens with one attached hydrogen (secondary N) is 1. The fourth-order valence-corrected chi connectivity index (χ4v) is 2.80. The van der Waals surface area contributed by atoms with Crippen molar-refractivity contribution in [2.24, 2.45) is 0 Å². The standard InChI is InChI=1S/C18H23N5O/c1-2-22-9-11-23(12-10-22)16-3-4-17(20-14-16)18(24)21-13-15-5-7-19-8-6-15/h3-8,14H,2,9-13H2,1H3,(H,21,24). The molecule has 0 saturated carbocycles. The van der Waals surface area contributed by atoms with Crippen LogP contribution in [0.2, 0.25) is 0 Å². The fourth-order valence-electron chi connectivity index (χ4n) is 2.80. The van der Waals surface area contributed by atoms with Crippen LogP contribution in [0.25, 0.3) is 0 Å². The van der Waals surface area contributed by atoms with Crippen molar-refractivity contribution in [3.8, 4) is 0 Å². The summed E-state index contributed by atoms with van der Waals surface area (Å²) >= 11 is 0. The Hall–Kier alpha value is -2.47. The number of carbonyl (C=O) groups excluding carboxylic acids is 1. The maximum absolute atomic E-state index is 12.2.